The fraction of sp³-hybridized carbons (Fsp3) is 0.333. The van der Waals surface area contributed by atoms with E-state index in [1.54, 1.807) is 13.0 Å². The minimum absolute atomic E-state index is 0.0200. The standard InChI is InChI=1S/C12H10F3NO2S/c1-3-18-11(17)8-4-5-10(19-12(13,14)15)7(2)9(8)6-16/h4-5H,3H2,1-2H3. The van der Waals surface area contributed by atoms with Crippen LogP contribution in [-0.2, 0) is 4.74 Å². The number of ether oxygens (including phenoxy) is 1. The lowest BCUT2D eigenvalue weighted by Crippen LogP contribution is -2.09. The Kier molecular flexibility index (Phi) is 4.84. The van der Waals surface area contributed by atoms with E-state index >= 15 is 0 Å². The van der Waals surface area contributed by atoms with Crippen LogP contribution in [0.3, 0.4) is 0 Å². The molecule has 1 aromatic rings. The summed E-state index contributed by atoms with van der Waals surface area (Å²) < 4.78 is 41.7. The molecule has 7 heteroatoms. The molecule has 0 heterocycles. The number of carbonyl (C=O) groups excluding carboxylic acids is 1. The lowest BCUT2D eigenvalue weighted by molar-refractivity contribution is -0.0328. The monoisotopic (exact) mass is 289 g/mol. The van der Waals surface area contributed by atoms with Crippen LogP contribution in [0.4, 0.5) is 13.2 Å². The van der Waals surface area contributed by atoms with E-state index in [-0.39, 0.29) is 40.0 Å². The number of carbonyl (C=O) groups is 1. The van der Waals surface area contributed by atoms with Crippen LogP contribution < -0.4 is 0 Å². The Labute approximate surface area is 112 Å². The molecular formula is C12H10F3NO2S. The minimum atomic E-state index is -4.44. The summed E-state index contributed by atoms with van der Waals surface area (Å²) in [6.45, 7) is 3.10. The van der Waals surface area contributed by atoms with Gasteiger partial charge in [-0.3, -0.25) is 0 Å². The van der Waals surface area contributed by atoms with Crippen molar-refractivity contribution in [1.29, 1.82) is 5.26 Å². The Morgan fingerprint density at radius 1 is 1.47 bits per heavy atom. The van der Waals surface area contributed by atoms with Crippen LogP contribution in [0.25, 0.3) is 0 Å². The summed E-state index contributed by atoms with van der Waals surface area (Å²) in [5.41, 5.74) is -4.43. The fourth-order valence-electron chi connectivity index (χ4n) is 1.45. The largest absolute Gasteiger partial charge is 0.462 e. The van der Waals surface area contributed by atoms with Crippen molar-refractivity contribution in [2.45, 2.75) is 24.3 Å². The molecule has 0 saturated carbocycles. The van der Waals surface area contributed by atoms with Gasteiger partial charge in [0.05, 0.1) is 17.7 Å². The van der Waals surface area contributed by atoms with Gasteiger partial charge < -0.3 is 4.74 Å². The number of thioether (sulfide) groups is 1. The van der Waals surface area contributed by atoms with E-state index in [1.807, 2.05) is 0 Å². The van der Waals surface area contributed by atoms with Gasteiger partial charge in [0.15, 0.2) is 0 Å². The maximum absolute atomic E-state index is 12.3. The molecule has 1 aromatic carbocycles. The quantitative estimate of drug-likeness (QED) is 0.629. The number of benzene rings is 1. The molecule has 0 amide bonds. The normalized spacial score (nSPS) is 10.9. The van der Waals surface area contributed by atoms with Gasteiger partial charge in [-0.1, -0.05) is 0 Å². The maximum Gasteiger partial charge on any atom is 0.446 e. The van der Waals surface area contributed by atoms with Crippen LogP contribution in [0.1, 0.15) is 28.4 Å². The highest BCUT2D eigenvalue weighted by Gasteiger charge is 2.31. The molecule has 0 N–H and O–H groups in total. The average Bonchev–Trinajstić information content (AvgIpc) is 2.30. The SMILES string of the molecule is CCOC(=O)c1ccc(SC(F)(F)F)c(C)c1C#N. The van der Waals surface area contributed by atoms with Crippen LogP contribution in [-0.4, -0.2) is 18.1 Å². The van der Waals surface area contributed by atoms with Crippen molar-refractivity contribution in [3.05, 3.63) is 28.8 Å². The molecule has 0 aromatic heterocycles. The van der Waals surface area contributed by atoms with E-state index in [9.17, 15) is 18.0 Å². The van der Waals surface area contributed by atoms with Crippen molar-refractivity contribution in [3.63, 3.8) is 0 Å². The Hall–Kier alpha value is -1.68. The third-order valence-electron chi connectivity index (χ3n) is 2.25. The molecule has 0 fully saturated rings. The summed E-state index contributed by atoms with van der Waals surface area (Å²) in [4.78, 5) is 11.5. The summed E-state index contributed by atoms with van der Waals surface area (Å²) in [7, 11) is 0. The summed E-state index contributed by atoms with van der Waals surface area (Å²) >= 11 is -0.313. The predicted octanol–water partition coefficient (Wildman–Crippen LogP) is 3.66. The van der Waals surface area contributed by atoms with Gasteiger partial charge in [0.1, 0.15) is 6.07 Å². The lowest BCUT2D eigenvalue weighted by atomic mass is 10.0. The number of rotatable bonds is 3. The maximum atomic E-state index is 12.3. The van der Waals surface area contributed by atoms with Crippen molar-refractivity contribution >= 4 is 17.7 Å². The molecule has 0 spiro atoms. The Morgan fingerprint density at radius 2 is 2.11 bits per heavy atom. The molecule has 0 bridgehead atoms. The van der Waals surface area contributed by atoms with Crippen LogP contribution >= 0.6 is 11.8 Å². The van der Waals surface area contributed by atoms with Gasteiger partial charge in [0, 0.05) is 4.90 Å². The molecule has 0 aliphatic carbocycles. The summed E-state index contributed by atoms with van der Waals surface area (Å²) in [5.74, 6) is -0.717. The van der Waals surface area contributed by atoms with Gasteiger partial charge in [-0.2, -0.15) is 18.4 Å². The fourth-order valence-corrected chi connectivity index (χ4v) is 2.09. The van der Waals surface area contributed by atoms with Crippen LogP contribution in [0.5, 0.6) is 0 Å². The third-order valence-corrected chi connectivity index (χ3v) is 3.14. The molecule has 0 aliphatic heterocycles. The van der Waals surface area contributed by atoms with Gasteiger partial charge in [-0.05, 0) is 43.3 Å². The van der Waals surface area contributed by atoms with Gasteiger partial charge >= 0.3 is 11.5 Å². The number of esters is 1. The van der Waals surface area contributed by atoms with Crippen molar-refractivity contribution in [2.75, 3.05) is 6.61 Å². The predicted molar refractivity (Wildman–Crippen MR) is 63.8 cm³/mol. The van der Waals surface area contributed by atoms with E-state index in [1.165, 1.54) is 19.1 Å². The van der Waals surface area contributed by atoms with Crippen molar-refractivity contribution < 1.29 is 22.7 Å². The van der Waals surface area contributed by atoms with E-state index in [4.69, 9.17) is 10.00 Å². The zero-order chi connectivity index (χ0) is 14.6. The first-order valence-corrected chi connectivity index (χ1v) is 6.08. The molecule has 0 unspecified atom stereocenters. The highest BCUT2D eigenvalue weighted by molar-refractivity contribution is 8.00. The average molecular weight is 289 g/mol. The van der Waals surface area contributed by atoms with Gasteiger partial charge in [0.2, 0.25) is 0 Å². The Bertz CT molecular complexity index is 535. The Balaban J connectivity index is 3.24. The number of nitriles is 1. The summed E-state index contributed by atoms with van der Waals surface area (Å²) in [6, 6.07) is 4.09. The van der Waals surface area contributed by atoms with Gasteiger partial charge in [-0.25, -0.2) is 4.79 Å². The van der Waals surface area contributed by atoms with Crippen molar-refractivity contribution in [2.24, 2.45) is 0 Å². The first kappa shape index (κ1) is 15.4. The highest BCUT2D eigenvalue weighted by atomic mass is 32.2. The van der Waals surface area contributed by atoms with E-state index in [2.05, 4.69) is 0 Å². The van der Waals surface area contributed by atoms with Crippen LogP contribution in [0.2, 0.25) is 0 Å². The molecule has 3 nitrogen and oxygen atoms in total. The van der Waals surface area contributed by atoms with E-state index in [0.29, 0.717) is 0 Å². The second-order valence-electron chi connectivity index (χ2n) is 3.49. The number of hydrogen-bond acceptors (Lipinski definition) is 4. The zero-order valence-corrected chi connectivity index (χ0v) is 11.0. The number of halogens is 3. The summed E-state index contributed by atoms with van der Waals surface area (Å²) in [5, 5.41) is 8.99. The first-order valence-electron chi connectivity index (χ1n) is 5.26. The summed E-state index contributed by atoms with van der Waals surface area (Å²) in [6.07, 6.45) is 0. The van der Waals surface area contributed by atoms with E-state index in [0.717, 1.165) is 0 Å². The van der Waals surface area contributed by atoms with E-state index < -0.39 is 11.5 Å². The molecule has 0 saturated heterocycles. The van der Waals surface area contributed by atoms with Crippen LogP contribution in [0.15, 0.2) is 17.0 Å². The molecular weight excluding hydrogens is 279 g/mol. The molecule has 19 heavy (non-hydrogen) atoms. The van der Waals surface area contributed by atoms with Crippen molar-refractivity contribution in [1.82, 2.24) is 0 Å². The Morgan fingerprint density at radius 3 is 2.58 bits per heavy atom. The van der Waals surface area contributed by atoms with Crippen LogP contribution in [0, 0.1) is 18.3 Å². The smallest absolute Gasteiger partial charge is 0.446 e. The highest BCUT2D eigenvalue weighted by Crippen LogP contribution is 2.39. The van der Waals surface area contributed by atoms with Gasteiger partial charge in [-0.15, -0.1) is 0 Å². The first-order chi connectivity index (χ1) is 8.80. The third kappa shape index (κ3) is 3.89. The number of hydrogen-bond donors (Lipinski definition) is 0. The second kappa shape index (κ2) is 5.97. The number of alkyl halides is 3. The molecule has 0 aliphatic rings. The number of nitrogens with zero attached hydrogens (tertiary/aromatic N) is 1. The van der Waals surface area contributed by atoms with Gasteiger partial charge in [0.25, 0.3) is 0 Å². The lowest BCUT2D eigenvalue weighted by Gasteiger charge is -2.12. The zero-order valence-electron chi connectivity index (χ0n) is 10.2. The molecule has 0 radical (unpaired) electrons. The van der Waals surface area contributed by atoms with Crippen molar-refractivity contribution in [3.8, 4) is 6.07 Å². The topological polar surface area (TPSA) is 50.1 Å². The molecule has 0 atom stereocenters. The molecule has 1 rings (SSSR count). The second-order valence-corrected chi connectivity index (χ2v) is 4.60. The molecule has 102 valence electrons. The minimum Gasteiger partial charge on any atom is -0.462 e.